The first-order chi connectivity index (χ1) is 11.6. The molecular weight excluding hydrogens is 330 g/mol. The van der Waals surface area contributed by atoms with Gasteiger partial charge in [-0.1, -0.05) is 36.4 Å². The van der Waals surface area contributed by atoms with Gasteiger partial charge in [0.25, 0.3) is 10.9 Å². The molecule has 0 unspecified atom stereocenters. The predicted octanol–water partition coefficient (Wildman–Crippen LogP) is 3.50. The van der Waals surface area contributed by atoms with Crippen molar-refractivity contribution in [3.05, 3.63) is 81.7 Å². The summed E-state index contributed by atoms with van der Waals surface area (Å²) < 4.78 is 5.44. The standard InChI is InChI=1S/C16H11N3O4S/c20-15(12-7-4-8-13(10-12)19(21)22)24-16-18-17-14(23-16)9-11-5-2-1-3-6-11/h1-8,10H,9H2. The predicted molar refractivity (Wildman–Crippen MR) is 86.8 cm³/mol. The molecule has 0 spiro atoms. The Morgan fingerprint density at radius 2 is 1.92 bits per heavy atom. The maximum Gasteiger partial charge on any atom is 0.284 e. The molecule has 0 saturated carbocycles. The van der Waals surface area contributed by atoms with Crippen LogP contribution in [-0.4, -0.2) is 20.2 Å². The van der Waals surface area contributed by atoms with Crippen LogP contribution < -0.4 is 0 Å². The largest absolute Gasteiger partial charge is 0.415 e. The molecule has 0 fully saturated rings. The Morgan fingerprint density at radius 3 is 2.67 bits per heavy atom. The van der Waals surface area contributed by atoms with Crippen LogP contribution in [0.4, 0.5) is 5.69 Å². The lowest BCUT2D eigenvalue weighted by molar-refractivity contribution is -0.384. The summed E-state index contributed by atoms with van der Waals surface area (Å²) >= 11 is 0.747. The lowest BCUT2D eigenvalue weighted by Crippen LogP contribution is -1.95. The summed E-state index contributed by atoms with van der Waals surface area (Å²) in [6, 6.07) is 15.1. The number of rotatable bonds is 5. The summed E-state index contributed by atoms with van der Waals surface area (Å²) in [5, 5.41) is 18.2. The van der Waals surface area contributed by atoms with E-state index in [4.69, 9.17) is 4.42 Å². The number of hydrogen-bond acceptors (Lipinski definition) is 7. The lowest BCUT2D eigenvalue weighted by atomic mass is 10.2. The van der Waals surface area contributed by atoms with Gasteiger partial charge in [-0.2, -0.15) is 0 Å². The third-order valence-corrected chi connectivity index (χ3v) is 3.88. The fraction of sp³-hybridized carbons (Fsp3) is 0.0625. The quantitative estimate of drug-likeness (QED) is 0.398. The van der Waals surface area contributed by atoms with Crippen molar-refractivity contribution in [2.45, 2.75) is 11.6 Å². The molecule has 0 amide bonds. The second-order valence-electron chi connectivity index (χ2n) is 4.82. The molecule has 0 bridgehead atoms. The van der Waals surface area contributed by atoms with Gasteiger partial charge < -0.3 is 4.42 Å². The number of nitrogens with zero attached hydrogens (tertiary/aromatic N) is 3. The number of hydrogen-bond donors (Lipinski definition) is 0. The molecule has 0 radical (unpaired) electrons. The monoisotopic (exact) mass is 341 g/mol. The van der Waals surface area contributed by atoms with E-state index in [1.165, 1.54) is 24.3 Å². The van der Waals surface area contributed by atoms with Crippen LogP contribution in [0.2, 0.25) is 0 Å². The fourth-order valence-electron chi connectivity index (χ4n) is 2.01. The molecule has 0 saturated heterocycles. The van der Waals surface area contributed by atoms with Crippen LogP contribution in [0.3, 0.4) is 0 Å². The van der Waals surface area contributed by atoms with Gasteiger partial charge in [-0.25, -0.2) is 0 Å². The van der Waals surface area contributed by atoms with E-state index in [1.807, 2.05) is 30.3 Å². The van der Waals surface area contributed by atoms with E-state index in [-0.39, 0.29) is 16.5 Å². The Morgan fingerprint density at radius 1 is 1.12 bits per heavy atom. The van der Waals surface area contributed by atoms with Crippen LogP contribution >= 0.6 is 11.8 Å². The van der Waals surface area contributed by atoms with Gasteiger partial charge >= 0.3 is 0 Å². The third-order valence-electron chi connectivity index (χ3n) is 3.12. The average Bonchev–Trinajstić information content (AvgIpc) is 3.02. The Balaban J connectivity index is 1.69. The molecule has 0 aliphatic heterocycles. The molecule has 120 valence electrons. The van der Waals surface area contributed by atoms with Crippen molar-refractivity contribution in [3.63, 3.8) is 0 Å². The van der Waals surface area contributed by atoms with Crippen LogP contribution in [0.1, 0.15) is 21.8 Å². The van der Waals surface area contributed by atoms with E-state index in [1.54, 1.807) is 0 Å². The first-order valence-electron chi connectivity index (χ1n) is 6.95. The molecule has 3 rings (SSSR count). The molecule has 0 N–H and O–H groups in total. The molecule has 1 heterocycles. The molecule has 3 aromatic rings. The summed E-state index contributed by atoms with van der Waals surface area (Å²) in [7, 11) is 0. The molecule has 24 heavy (non-hydrogen) atoms. The fourth-order valence-corrected chi connectivity index (χ4v) is 2.63. The molecule has 8 heteroatoms. The highest BCUT2D eigenvalue weighted by Crippen LogP contribution is 2.24. The highest BCUT2D eigenvalue weighted by Gasteiger charge is 2.16. The normalized spacial score (nSPS) is 10.5. The topological polar surface area (TPSA) is 99.1 Å². The van der Waals surface area contributed by atoms with Crippen LogP contribution in [-0.2, 0) is 6.42 Å². The van der Waals surface area contributed by atoms with Gasteiger partial charge in [0, 0.05) is 29.5 Å². The number of nitro benzene ring substituents is 1. The van der Waals surface area contributed by atoms with Gasteiger partial charge in [0.05, 0.1) is 11.3 Å². The van der Waals surface area contributed by atoms with Crippen molar-refractivity contribution in [3.8, 4) is 0 Å². The van der Waals surface area contributed by atoms with E-state index in [2.05, 4.69) is 10.2 Å². The van der Waals surface area contributed by atoms with Gasteiger partial charge in [-0.05, 0) is 11.6 Å². The van der Waals surface area contributed by atoms with Crippen molar-refractivity contribution >= 4 is 22.6 Å². The minimum atomic E-state index is -0.549. The maximum atomic E-state index is 12.2. The second-order valence-corrected chi connectivity index (χ2v) is 5.75. The molecule has 0 aliphatic carbocycles. The van der Waals surface area contributed by atoms with Gasteiger partial charge in [-0.3, -0.25) is 14.9 Å². The number of thioether (sulfide) groups is 1. The summed E-state index contributed by atoms with van der Waals surface area (Å²) in [6.07, 6.45) is 0.472. The first-order valence-corrected chi connectivity index (χ1v) is 7.76. The first kappa shape index (κ1) is 15.9. The Bertz CT molecular complexity index is 880. The van der Waals surface area contributed by atoms with E-state index in [0.717, 1.165) is 17.3 Å². The zero-order valence-electron chi connectivity index (χ0n) is 12.3. The Hall–Kier alpha value is -3.00. The van der Waals surface area contributed by atoms with E-state index < -0.39 is 10.0 Å². The minimum Gasteiger partial charge on any atom is -0.415 e. The van der Waals surface area contributed by atoms with Gasteiger partial charge in [0.2, 0.25) is 11.0 Å². The lowest BCUT2D eigenvalue weighted by Gasteiger charge is -1.97. The third kappa shape index (κ3) is 3.85. The van der Waals surface area contributed by atoms with E-state index in [0.29, 0.717) is 12.3 Å². The molecule has 7 nitrogen and oxygen atoms in total. The highest BCUT2D eigenvalue weighted by molar-refractivity contribution is 8.14. The van der Waals surface area contributed by atoms with E-state index >= 15 is 0 Å². The summed E-state index contributed by atoms with van der Waals surface area (Å²) in [5.41, 5.74) is 1.08. The number of benzene rings is 2. The minimum absolute atomic E-state index is 0.109. The second kappa shape index (κ2) is 7.05. The number of carbonyl (C=O) groups excluding carboxylic acids is 1. The average molecular weight is 341 g/mol. The summed E-state index contributed by atoms with van der Waals surface area (Å²) in [6.45, 7) is 0. The number of aromatic nitrogens is 2. The van der Waals surface area contributed by atoms with Gasteiger partial charge in [-0.15, -0.1) is 10.2 Å². The maximum absolute atomic E-state index is 12.2. The van der Waals surface area contributed by atoms with Crippen molar-refractivity contribution in [2.75, 3.05) is 0 Å². The van der Waals surface area contributed by atoms with Crippen LogP contribution in [0.15, 0.2) is 64.2 Å². The molecule has 0 aliphatic rings. The highest BCUT2D eigenvalue weighted by atomic mass is 32.2. The van der Waals surface area contributed by atoms with Crippen molar-refractivity contribution in [1.82, 2.24) is 10.2 Å². The van der Waals surface area contributed by atoms with Crippen molar-refractivity contribution in [2.24, 2.45) is 0 Å². The number of nitro groups is 1. The van der Waals surface area contributed by atoms with Gasteiger partial charge in [0.15, 0.2) is 0 Å². The van der Waals surface area contributed by atoms with Crippen molar-refractivity contribution < 1.29 is 14.1 Å². The zero-order chi connectivity index (χ0) is 16.9. The number of carbonyl (C=O) groups is 1. The van der Waals surface area contributed by atoms with Crippen LogP contribution in [0.25, 0.3) is 0 Å². The smallest absolute Gasteiger partial charge is 0.284 e. The number of non-ortho nitro benzene ring substituents is 1. The van der Waals surface area contributed by atoms with Crippen molar-refractivity contribution in [1.29, 1.82) is 0 Å². The zero-order valence-corrected chi connectivity index (χ0v) is 13.1. The molecular formula is C16H11N3O4S. The van der Waals surface area contributed by atoms with E-state index in [9.17, 15) is 14.9 Å². The molecule has 0 atom stereocenters. The Kier molecular flexibility index (Phi) is 4.66. The summed E-state index contributed by atoms with van der Waals surface area (Å²) in [4.78, 5) is 22.4. The van der Waals surface area contributed by atoms with Gasteiger partial charge in [0.1, 0.15) is 0 Å². The molecule has 2 aromatic carbocycles. The summed E-state index contributed by atoms with van der Waals surface area (Å²) in [5.74, 6) is 0.399. The van der Waals surface area contributed by atoms with Crippen LogP contribution in [0, 0.1) is 10.1 Å². The molecule has 1 aromatic heterocycles. The Labute approximate surface area is 140 Å². The van der Waals surface area contributed by atoms with Crippen LogP contribution in [0.5, 0.6) is 0 Å². The SMILES string of the molecule is O=C(Sc1nnc(Cc2ccccc2)o1)c1cccc([N+](=O)[O-])c1.